The minimum atomic E-state index is -3.33. The molecule has 2 aliphatic heterocycles. The summed E-state index contributed by atoms with van der Waals surface area (Å²) in [5.41, 5.74) is 0. The smallest absolute Gasteiger partial charge is 0.238 e. The van der Waals surface area contributed by atoms with Gasteiger partial charge in [0.25, 0.3) is 0 Å². The second kappa shape index (κ2) is 6.19. The molecule has 0 spiro atoms. The van der Waals surface area contributed by atoms with Crippen molar-refractivity contribution < 1.29 is 13.2 Å². The molecule has 1 unspecified atom stereocenters. The average molecular weight is 289 g/mol. The van der Waals surface area contributed by atoms with Gasteiger partial charge >= 0.3 is 0 Å². The van der Waals surface area contributed by atoms with Crippen molar-refractivity contribution in [2.45, 2.75) is 32.2 Å². The maximum absolute atomic E-state index is 12.5. The third kappa shape index (κ3) is 3.46. The number of amides is 1. The molecule has 2 N–H and O–H groups in total. The molecular weight excluding hydrogens is 266 g/mol. The highest BCUT2D eigenvalue weighted by Gasteiger charge is 2.37. The van der Waals surface area contributed by atoms with Crippen molar-refractivity contribution in [1.82, 2.24) is 14.9 Å². The SMILES string of the molecule is CCC1C(=O)NCCN1S(=O)(=O)CC1CCNCC1. The van der Waals surface area contributed by atoms with Gasteiger partial charge in [0.1, 0.15) is 6.04 Å². The molecule has 1 amide bonds. The van der Waals surface area contributed by atoms with Crippen LogP contribution >= 0.6 is 0 Å². The van der Waals surface area contributed by atoms with E-state index in [0.717, 1.165) is 25.9 Å². The summed E-state index contributed by atoms with van der Waals surface area (Å²) < 4.78 is 26.4. The Kier molecular flexibility index (Phi) is 4.81. The van der Waals surface area contributed by atoms with Crippen molar-refractivity contribution in [2.75, 3.05) is 31.9 Å². The molecule has 2 aliphatic rings. The average Bonchev–Trinajstić information content (AvgIpc) is 2.39. The van der Waals surface area contributed by atoms with E-state index in [1.54, 1.807) is 0 Å². The second-order valence-electron chi connectivity index (χ2n) is 5.30. The molecule has 0 saturated carbocycles. The Bertz CT molecular complexity index is 418. The lowest BCUT2D eigenvalue weighted by Gasteiger charge is -2.35. The van der Waals surface area contributed by atoms with Gasteiger partial charge in [-0.1, -0.05) is 6.92 Å². The molecule has 0 aromatic rings. The van der Waals surface area contributed by atoms with Crippen LogP contribution in [0, 0.1) is 5.92 Å². The van der Waals surface area contributed by atoms with Gasteiger partial charge in [0.15, 0.2) is 0 Å². The first-order valence-electron chi connectivity index (χ1n) is 7.02. The Morgan fingerprint density at radius 3 is 2.58 bits per heavy atom. The predicted octanol–water partition coefficient (Wildman–Crippen LogP) is -0.474. The quantitative estimate of drug-likeness (QED) is 0.733. The van der Waals surface area contributed by atoms with Gasteiger partial charge in [-0.3, -0.25) is 4.79 Å². The largest absolute Gasteiger partial charge is 0.353 e. The number of rotatable bonds is 4. The van der Waals surface area contributed by atoms with Gasteiger partial charge in [0.05, 0.1) is 5.75 Å². The standard InChI is InChI=1S/C12H23N3O3S/c1-2-11-12(16)14-7-8-15(11)19(17,18)9-10-3-5-13-6-4-10/h10-11,13H,2-9H2,1H3,(H,14,16). The number of nitrogens with zero attached hydrogens (tertiary/aromatic N) is 1. The van der Waals surface area contributed by atoms with E-state index < -0.39 is 16.1 Å². The first-order chi connectivity index (χ1) is 9.04. The highest BCUT2D eigenvalue weighted by Crippen LogP contribution is 2.20. The van der Waals surface area contributed by atoms with Crippen LogP contribution in [0.15, 0.2) is 0 Å². The molecule has 110 valence electrons. The molecule has 1 atom stereocenters. The van der Waals surface area contributed by atoms with Crippen molar-refractivity contribution in [3.05, 3.63) is 0 Å². The predicted molar refractivity (Wildman–Crippen MR) is 73.2 cm³/mol. The summed E-state index contributed by atoms with van der Waals surface area (Å²) in [6.45, 7) is 4.44. The fourth-order valence-electron chi connectivity index (χ4n) is 2.86. The van der Waals surface area contributed by atoms with Gasteiger partial charge in [-0.25, -0.2) is 8.42 Å². The molecule has 0 aliphatic carbocycles. The summed E-state index contributed by atoms with van der Waals surface area (Å²) >= 11 is 0. The summed E-state index contributed by atoms with van der Waals surface area (Å²) in [6.07, 6.45) is 2.32. The van der Waals surface area contributed by atoms with Gasteiger partial charge in [-0.2, -0.15) is 4.31 Å². The summed E-state index contributed by atoms with van der Waals surface area (Å²) in [7, 11) is -3.33. The van der Waals surface area contributed by atoms with Crippen LogP contribution in [0.1, 0.15) is 26.2 Å². The first kappa shape index (κ1) is 14.7. The van der Waals surface area contributed by atoms with E-state index in [4.69, 9.17) is 0 Å². The zero-order valence-corrected chi connectivity index (χ0v) is 12.2. The van der Waals surface area contributed by atoms with Gasteiger partial charge in [0, 0.05) is 13.1 Å². The Hall–Kier alpha value is -0.660. The van der Waals surface area contributed by atoms with Crippen molar-refractivity contribution in [3.8, 4) is 0 Å². The van der Waals surface area contributed by atoms with Crippen LogP contribution < -0.4 is 10.6 Å². The monoisotopic (exact) mass is 289 g/mol. The maximum atomic E-state index is 12.5. The van der Waals surface area contributed by atoms with E-state index in [9.17, 15) is 13.2 Å². The minimum Gasteiger partial charge on any atom is -0.353 e. The van der Waals surface area contributed by atoms with Crippen LogP contribution in [0.4, 0.5) is 0 Å². The van der Waals surface area contributed by atoms with E-state index in [2.05, 4.69) is 10.6 Å². The minimum absolute atomic E-state index is 0.164. The lowest BCUT2D eigenvalue weighted by Crippen LogP contribution is -2.57. The maximum Gasteiger partial charge on any atom is 0.238 e. The van der Waals surface area contributed by atoms with Gasteiger partial charge in [-0.05, 0) is 38.3 Å². The molecule has 0 aromatic carbocycles. The summed E-state index contributed by atoms with van der Waals surface area (Å²) in [4.78, 5) is 11.7. The highest BCUT2D eigenvalue weighted by atomic mass is 32.2. The summed E-state index contributed by atoms with van der Waals surface area (Å²) in [6, 6.07) is -0.527. The van der Waals surface area contributed by atoms with Crippen LogP contribution in [-0.2, 0) is 14.8 Å². The number of piperazine rings is 1. The molecule has 19 heavy (non-hydrogen) atoms. The number of carbonyl (C=O) groups is 1. The molecule has 2 heterocycles. The molecule has 2 saturated heterocycles. The fraction of sp³-hybridized carbons (Fsp3) is 0.917. The van der Waals surface area contributed by atoms with Crippen LogP contribution in [0.3, 0.4) is 0 Å². The number of sulfonamides is 1. The molecule has 0 radical (unpaired) electrons. The summed E-state index contributed by atoms with van der Waals surface area (Å²) in [5, 5.41) is 5.97. The molecule has 2 fully saturated rings. The summed E-state index contributed by atoms with van der Waals surface area (Å²) in [5.74, 6) is 0.231. The van der Waals surface area contributed by atoms with E-state index in [1.165, 1.54) is 4.31 Å². The second-order valence-corrected chi connectivity index (χ2v) is 7.26. The number of piperidine rings is 1. The van der Waals surface area contributed by atoms with Crippen LogP contribution in [-0.4, -0.2) is 56.6 Å². The van der Waals surface area contributed by atoms with Gasteiger partial charge in [-0.15, -0.1) is 0 Å². The van der Waals surface area contributed by atoms with E-state index in [0.29, 0.717) is 19.5 Å². The number of hydrogen-bond acceptors (Lipinski definition) is 4. The Labute approximate surface area is 115 Å². The first-order valence-corrected chi connectivity index (χ1v) is 8.63. The van der Waals surface area contributed by atoms with Crippen LogP contribution in [0.2, 0.25) is 0 Å². The van der Waals surface area contributed by atoms with E-state index >= 15 is 0 Å². The molecular formula is C12H23N3O3S. The van der Waals surface area contributed by atoms with Crippen molar-refractivity contribution in [3.63, 3.8) is 0 Å². The third-order valence-electron chi connectivity index (χ3n) is 3.93. The van der Waals surface area contributed by atoms with Gasteiger partial charge in [0.2, 0.25) is 15.9 Å². The van der Waals surface area contributed by atoms with Crippen molar-refractivity contribution in [1.29, 1.82) is 0 Å². The van der Waals surface area contributed by atoms with Crippen molar-refractivity contribution in [2.24, 2.45) is 5.92 Å². The lowest BCUT2D eigenvalue weighted by atomic mass is 10.0. The zero-order chi connectivity index (χ0) is 13.9. The number of hydrogen-bond donors (Lipinski definition) is 2. The molecule has 2 rings (SSSR count). The van der Waals surface area contributed by atoms with Gasteiger partial charge < -0.3 is 10.6 Å². The normalized spacial score (nSPS) is 27.2. The molecule has 7 heteroatoms. The highest BCUT2D eigenvalue weighted by molar-refractivity contribution is 7.89. The number of carbonyl (C=O) groups excluding carboxylic acids is 1. The molecule has 0 aromatic heterocycles. The molecule has 0 bridgehead atoms. The fourth-order valence-corrected chi connectivity index (χ4v) is 4.98. The Morgan fingerprint density at radius 2 is 1.95 bits per heavy atom. The zero-order valence-electron chi connectivity index (χ0n) is 11.4. The van der Waals surface area contributed by atoms with E-state index in [-0.39, 0.29) is 17.6 Å². The Balaban J connectivity index is 2.06. The topological polar surface area (TPSA) is 78.5 Å². The van der Waals surface area contributed by atoms with Crippen LogP contribution in [0.25, 0.3) is 0 Å². The number of nitrogens with one attached hydrogen (secondary N) is 2. The Morgan fingerprint density at radius 1 is 1.26 bits per heavy atom. The lowest BCUT2D eigenvalue weighted by molar-refractivity contribution is -0.126. The molecule has 6 nitrogen and oxygen atoms in total. The van der Waals surface area contributed by atoms with Crippen LogP contribution in [0.5, 0.6) is 0 Å². The third-order valence-corrected chi connectivity index (χ3v) is 5.98. The van der Waals surface area contributed by atoms with Crippen molar-refractivity contribution >= 4 is 15.9 Å². The van der Waals surface area contributed by atoms with E-state index in [1.807, 2.05) is 6.92 Å².